The molecule has 0 fully saturated rings. The van der Waals surface area contributed by atoms with Crippen molar-refractivity contribution in [3.63, 3.8) is 0 Å². The van der Waals surface area contributed by atoms with Crippen LogP contribution in [-0.2, 0) is 6.54 Å². The number of halogens is 2. The van der Waals surface area contributed by atoms with Crippen LogP contribution in [0.4, 0.5) is 0 Å². The Morgan fingerprint density at radius 2 is 2.05 bits per heavy atom. The van der Waals surface area contributed by atoms with Crippen LogP contribution in [0.15, 0.2) is 18.5 Å². The summed E-state index contributed by atoms with van der Waals surface area (Å²) >= 11 is 12.2. The first kappa shape index (κ1) is 16.2. The lowest BCUT2D eigenvalue weighted by molar-refractivity contribution is 0.499. The lowest BCUT2D eigenvalue weighted by atomic mass is 10.1. The molecule has 0 spiro atoms. The van der Waals surface area contributed by atoms with Gasteiger partial charge >= 0.3 is 0 Å². The summed E-state index contributed by atoms with van der Waals surface area (Å²) in [7, 11) is 0. The van der Waals surface area contributed by atoms with E-state index >= 15 is 0 Å². The maximum atomic E-state index is 6.31. The van der Waals surface area contributed by atoms with Crippen molar-refractivity contribution in [3.8, 4) is 0 Å². The lowest BCUT2D eigenvalue weighted by Crippen LogP contribution is -2.27. The zero-order chi connectivity index (χ0) is 15.2. The quantitative estimate of drug-likeness (QED) is 0.845. The SMILES string of the molecule is CCCNC(c1ncc(Cl)cc1Cl)c1cnnn1CCC. The Bertz CT molecular complexity index is 584. The molecule has 0 amide bonds. The summed E-state index contributed by atoms with van der Waals surface area (Å²) in [6.07, 6.45) is 5.36. The van der Waals surface area contributed by atoms with E-state index in [-0.39, 0.29) is 6.04 Å². The highest BCUT2D eigenvalue weighted by atomic mass is 35.5. The van der Waals surface area contributed by atoms with Crippen LogP contribution >= 0.6 is 23.2 Å². The van der Waals surface area contributed by atoms with Crippen molar-refractivity contribution in [2.75, 3.05) is 6.54 Å². The summed E-state index contributed by atoms with van der Waals surface area (Å²) in [6.45, 7) is 5.88. The molecule has 0 aliphatic carbocycles. The Hall–Kier alpha value is -1.17. The van der Waals surface area contributed by atoms with Gasteiger partial charge < -0.3 is 5.32 Å². The summed E-state index contributed by atoms with van der Waals surface area (Å²) in [5.74, 6) is 0. The average Bonchev–Trinajstić information content (AvgIpc) is 2.90. The number of nitrogens with zero attached hydrogens (tertiary/aromatic N) is 4. The van der Waals surface area contributed by atoms with Gasteiger partial charge in [0.05, 0.1) is 33.7 Å². The predicted octanol–water partition coefficient (Wildman–Crippen LogP) is 3.48. The van der Waals surface area contributed by atoms with E-state index in [1.807, 2.05) is 4.68 Å². The molecule has 0 aromatic carbocycles. The average molecular weight is 328 g/mol. The van der Waals surface area contributed by atoms with Crippen molar-refractivity contribution < 1.29 is 0 Å². The van der Waals surface area contributed by atoms with E-state index in [9.17, 15) is 0 Å². The Balaban J connectivity index is 2.39. The predicted molar refractivity (Wildman–Crippen MR) is 84.7 cm³/mol. The second-order valence-electron chi connectivity index (χ2n) is 4.79. The standard InChI is InChI=1S/C14H19Cl2N5/c1-3-5-17-14(12-9-19-20-21(12)6-4-2)13-11(16)7-10(15)8-18-13/h7-9,14,17H,3-6H2,1-2H3. The lowest BCUT2D eigenvalue weighted by Gasteiger charge is -2.19. The van der Waals surface area contributed by atoms with Gasteiger partial charge in [0.15, 0.2) is 0 Å². The van der Waals surface area contributed by atoms with Crippen molar-refractivity contribution in [1.82, 2.24) is 25.3 Å². The zero-order valence-corrected chi connectivity index (χ0v) is 13.7. The maximum Gasteiger partial charge on any atom is 0.0953 e. The molecule has 0 aliphatic heterocycles. The number of rotatable bonds is 7. The second kappa shape index (κ2) is 7.73. The second-order valence-corrected chi connectivity index (χ2v) is 5.63. The summed E-state index contributed by atoms with van der Waals surface area (Å²) in [6, 6.07) is 1.57. The number of aryl methyl sites for hydroxylation is 1. The number of aromatic nitrogens is 4. The molecule has 0 aliphatic rings. The normalized spacial score (nSPS) is 12.6. The fourth-order valence-electron chi connectivity index (χ4n) is 2.14. The zero-order valence-electron chi connectivity index (χ0n) is 12.2. The number of hydrogen-bond acceptors (Lipinski definition) is 4. The van der Waals surface area contributed by atoms with Crippen LogP contribution < -0.4 is 5.32 Å². The van der Waals surface area contributed by atoms with Gasteiger partial charge in [-0.25, -0.2) is 4.68 Å². The van der Waals surface area contributed by atoms with Gasteiger partial charge in [-0.1, -0.05) is 42.3 Å². The van der Waals surface area contributed by atoms with Gasteiger partial charge in [0.25, 0.3) is 0 Å². The molecule has 1 unspecified atom stereocenters. The first-order chi connectivity index (χ1) is 10.2. The van der Waals surface area contributed by atoms with Crippen LogP contribution in [0.25, 0.3) is 0 Å². The van der Waals surface area contributed by atoms with Crippen LogP contribution in [0.3, 0.4) is 0 Å². The molecular weight excluding hydrogens is 309 g/mol. The molecule has 1 N–H and O–H groups in total. The molecule has 0 saturated carbocycles. The van der Waals surface area contributed by atoms with Crippen LogP contribution in [0.2, 0.25) is 10.0 Å². The molecule has 5 nitrogen and oxygen atoms in total. The van der Waals surface area contributed by atoms with Gasteiger partial charge in [-0.05, 0) is 25.5 Å². The van der Waals surface area contributed by atoms with Crippen molar-refractivity contribution in [2.45, 2.75) is 39.3 Å². The molecular formula is C14H19Cl2N5. The van der Waals surface area contributed by atoms with Gasteiger partial charge in [-0.15, -0.1) is 5.10 Å². The van der Waals surface area contributed by atoms with Crippen molar-refractivity contribution in [3.05, 3.63) is 39.9 Å². The highest BCUT2D eigenvalue weighted by molar-refractivity contribution is 6.34. The Labute approximate surface area is 134 Å². The van der Waals surface area contributed by atoms with Gasteiger partial charge in [0, 0.05) is 12.7 Å². The van der Waals surface area contributed by atoms with E-state index in [2.05, 4.69) is 34.5 Å². The summed E-state index contributed by atoms with van der Waals surface area (Å²) < 4.78 is 1.89. The maximum absolute atomic E-state index is 6.31. The van der Waals surface area contributed by atoms with Crippen LogP contribution in [0.5, 0.6) is 0 Å². The minimum atomic E-state index is -0.142. The van der Waals surface area contributed by atoms with Gasteiger partial charge in [-0.3, -0.25) is 4.98 Å². The van der Waals surface area contributed by atoms with E-state index < -0.39 is 0 Å². The molecule has 2 rings (SSSR count). The van der Waals surface area contributed by atoms with Crippen LogP contribution in [0.1, 0.15) is 44.1 Å². The molecule has 2 heterocycles. The minimum Gasteiger partial charge on any atom is -0.304 e. The molecule has 2 aromatic rings. The molecule has 0 radical (unpaired) electrons. The van der Waals surface area contributed by atoms with Crippen molar-refractivity contribution >= 4 is 23.2 Å². The molecule has 114 valence electrons. The van der Waals surface area contributed by atoms with Gasteiger partial charge in [0.2, 0.25) is 0 Å². The van der Waals surface area contributed by atoms with E-state index in [0.29, 0.717) is 10.0 Å². The van der Waals surface area contributed by atoms with E-state index in [4.69, 9.17) is 23.2 Å². The first-order valence-corrected chi connectivity index (χ1v) is 7.85. The van der Waals surface area contributed by atoms with Crippen molar-refractivity contribution in [2.24, 2.45) is 0 Å². The number of hydrogen-bond donors (Lipinski definition) is 1. The monoisotopic (exact) mass is 327 g/mol. The highest BCUT2D eigenvalue weighted by Crippen LogP contribution is 2.28. The first-order valence-electron chi connectivity index (χ1n) is 7.10. The van der Waals surface area contributed by atoms with E-state index in [1.165, 1.54) is 0 Å². The molecule has 7 heteroatoms. The number of pyridine rings is 1. The third-order valence-electron chi connectivity index (χ3n) is 3.09. The largest absolute Gasteiger partial charge is 0.304 e. The molecule has 21 heavy (non-hydrogen) atoms. The van der Waals surface area contributed by atoms with Crippen LogP contribution in [0, 0.1) is 0 Å². The summed E-state index contributed by atoms with van der Waals surface area (Å²) in [5, 5.41) is 12.7. The third kappa shape index (κ3) is 3.93. The number of nitrogens with one attached hydrogen (secondary N) is 1. The highest BCUT2D eigenvalue weighted by Gasteiger charge is 2.22. The fourth-order valence-corrected chi connectivity index (χ4v) is 2.63. The van der Waals surface area contributed by atoms with Crippen LogP contribution in [-0.4, -0.2) is 26.5 Å². The molecule has 0 saturated heterocycles. The topological polar surface area (TPSA) is 55.6 Å². The van der Waals surface area contributed by atoms with Gasteiger partial charge in [0.1, 0.15) is 0 Å². The smallest absolute Gasteiger partial charge is 0.0953 e. The Morgan fingerprint density at radius 3 is 2.71 bits per heavy atom. The Morgan fingerprint density at radius 1 is 1.24 bits per heavy atom. The van der Waals surface area contributed by atoms with Crippen molar-refractivity contribution in [1.29, 1.82) is 0 Å². The minimum absolute atomic E-state index is 0.142. The summed E-state index contributed by atoms with van der Waals surface area (Å²) in [4.78, 5) is 4.39. The van der Waals surface area contributed by atoms with E-state index in [0.717, 1.165) is 37.3 Å². The fraction of sp³-hybridized carbons (Fsp3) is 0.500. The van der Waals surface area contributed by atoms with Gasteiger partial charge in [-0.2, -0.15) is 0 Å². The third-order valence-corrected chi connectivity index (χ3v) is 3.60. The summed E-state index contributed by atoms with van der Waals surface area (Å²) in [5.41, 5.74) is 1.70. The molecule has 2 aromatic heterocycles. The molecule has 0 bridgehead atoms. The van der Waals surface area contributed by atoms with E-state index in [1.54, 1.807) is 18.5 Å². The molecule has 1 atom stereocenters. The Kier molecular flexibility index (Phi) is 5.96.